The van der Waals surface area contributed by atoms with Gasteiger partial charge in [0.1, 0.15) is 17.1 Å². The number of thioether (sulfide) groups is 2. The molecule has 2 aliphatic rings. The second-order valence-electron chi connectivity index (χ2n) is 6.89. The van der Waals surface area contributed by atoms with Crippen molar-refractivity contribution in [2.45, 2.75) is 22.3 Å². The molecule has 170 valence electrons. The smallest absolute Gasteiger partial charge is 0.352 e. The van der Waals surface area contributed by atoms with E-state index in [2.05, 4.69) is 20.8 Å². The van der Waals surface area contributed by atoms with Gasteiger partial charge in [-0.3, -0.25) is 14.5 Å². The number of carboxylic acids is 1. The number of rotatable bonds is 8. The van der Waals surface area contributed by atoms with Crippen LogP contribution in [0, 0.1) is 0 Å². The summed E-state index contributed by atoms with van der Waals surface area (Å²) in [5, 5.41) is 25.2. The largest absolute Gasteiger partial charge is 0.477 e. The Morgan fingerprint density at radius 2 is 2.31 bits per heavy atom. The molecule has 2 amide bonds. The topological polar surface area (TPSA) is 166 Å². The van der Waals surface area contributed by atoms with Crippen LogP contribution in [-0.2, 0) is 26.2 Å². The average Bonchev–Trinajstić information content (AvgIpc) is 3.46. The quantitative estimate of drug-likeness (QED) is 0.251. The molecule has 0 radical (unpaired) electrons. The highest BCUT2D eigenvalue weighted by molar-refractivity contribution is 8.01. The molecule has 4 heterocycles. The number of nitrogens with one attached hydrogen (secondary N) is 1. The van der Waals surface area contributed by atoms with Gasteiger partial charge in [0.15, 0.2) is 0 Å². The number of carboxylic acid groups (broad SMARTS) is 1. The fraction of sp³-hybridized carbons (Fsp3) is 0.412. The van der Waals surface area contributed by atoms with E-state index in [1.165, 1.54) is 46.7 Å². The van der Waals surface area contributed by atoms with Gasteiger partial charge in [-0.1, -0.05) is 17.8 Å². The van der Waals surface area contributed by atoms with Gasteiger partial charge >= 0.3 is 5.97 Å². The van der Waals surface area contributed by atoms with Gasteiger partial charge in [0.25, 0.3) is 11.6 Å². The Balaban J connectivity index is 1.55. The second-order valence-corrected chi connectivity index (χ2v) is 9.88. The number of hydrogen-bond acceptors (Lipinski definition) is 11. The molecule has 2 aliphatic heterocycles. The predicted octanol–water partition coefficient (Wildman–Crippen LogP) is -0.224. The number of methoxy groups -OCH3 is 1. The van der Waals surface area contributed by atoms with Crippen LogP contribution in [0.1, 0.15) is 10.9 Å². The summed E-state index contributed by atoms with van der Waals surface area (Å²) in [4.78, 5) is 39.7. The fourth-order valence-corrected chi connectivity index (χ4v) is 6.56. The highest BCUT2D eigenvalue weighted by Crippen LogP contribution is 2.47. The third kappa shape index (κ3) is 3.69. The van der Waals surface area contributed by atoms with Gasteiger partial charge in [0.2, 0.25) is 11.1 Å². The zero-order chi connectivity index (χ0) is 23.0. The number of fused-ring (bicyclic) bond motifs is 1. The zero-order valence-electron chi connectivity index (χ0n) is 16.9. The van der Waals surface area contributed by atoms with Gasteiger partial charge in [0, 0.05) is 30.5 Å². The predicted molar refractivity (Wildman–Crippen MR) is 116 cm³/mol. The van der Waals surface area contributed by atoms with Crippen LogP contribution in [-0.4, -0.2) is 77.7 Å². The van der Waals surface area contributed by atoms with Crippen molar-refractivity contribution in [1.29, 1.82) is 0 Å². The first kappa shape index (κ1) is 22.7. The number of nitrogens with two attached hydrogens (primary N) is 1. The van der Waals surface area contributed by atoms with Gasteiger partial charge in [-0.25, -0.2) is 9.48 Å². The van der Waals surface area contributed by atoms with Crippen molar-refractivity contribution in [3.05, 3.63) is 33.7 Å². The lowest BCUT2D eigenvalue weighted by Gasteiger charge is -2.56. The maximum absolute atomic E-state index is 13.1. The molecule has 3 atom stereocenters. The molecular weight excluding hydrogens is 478 g/mol. The summed E-state index contributed by atoms with van der Waals surface area (Å²) in [6.45, 7) is 0. The Labute approximate surface area is 194 Å². The zero-order valence-corrected chi connectivity index (χ0v) is 19.4. The third-order valence-electron chi connectivity index (χ3n) is 5.03. The Morgan fingerprint density at radius 3 is 2.91 bits per heavy atom. The molecule has 0 spiro atoms. The molecule has 12 nitrogen and oxygen atoms in total. The van der Waals surface area contributed by atoms with Crippen molar-refractivity contribution >= 4 is 52.6 Å². The lowest BCUT2D eigenvalue weighted by Crippen LogP contribution is -2.81. The van der Waals surface area contributed by atoms with Crippen LogP contribution in [0.2, 0.25) is 0 Å². The first-order valence-electron chi connectivity index (χ1n) is 9.22. The third-order valence-corrected chi connectivity index (χ3v) is 8.46. The highest BCUT2D eigenvalue weighted by atomic mass is 32.2. The number of carbonyl (C=O) groups excluding carboxylic acids is 2. The van der Waals surface area contributed by atoms with E-state index in [1.54, 1.807) is 24.6 Å². The summed E-state index contributed by atoms with van der Waals surface area (Å²) in [6.07, 6.45) is 0. The van der Waals surface area contributed by atoms with Gasteiger partial charge in [-0.2, -0.15) is 0 Å². The molecule has 15 heteroatoms. The van der Waals surface area contributed by atoms with Crippen LogP contribution in [0.5, 0.6) is 0 Å². The Bertz CT molecular complexity index is 1090. The molecule has 2 aromatic heterocycles. The molecular formula is C17H19N7O5S3. The SMILES string of the molecule is CO[C@]1(NC(=O)C(N)c2cccs2)C(=O)N2C(C(=O)O)=C(CSc3nnnn3C)CSC21. The maximum atomic E-state index is 13.1. The van der Waals surface area contributed by atoms with E-state index < -0.39 is 34.9 Å². The van der Waals surface area contributed by atoms with Crippen molar-refractivity contribution < 1.29 is 24.2 Å². The van der Waals surface area contributed by atoms with Crippen molar-refractivity contribution in [3.63, 3.8) is 0 Å². The standard InChI is InChI=1S/C17H19N7O5S3/c1-23-16(20-21-22-23)32-7-8-6-31-15-17(29-2,14(28)24(15)11(8)13(26)27)19-12(25)10(18)9-4-3-5-30-9/h3-5,10,15H,6-7,18H2,1-2H3,(H,19,25)(H,26,27)/t10?,15?,17-/m1/s1. The summed E-state index contributed by atoms with van der Waals surface area (Å²) >= 11 is 3.89. The second kappa shape index (κ2) is 8.82. The molecule has 0 aliphatic carbocycles. The maximum Gasteiger partial charge on any atom is 0.352 e. The number of aromatic nitrogens is 4. The Morgan fingerprint density at radius 1 is 1.53 bits per heavy atom. The Kier molecular flexibility index (Phi) is 6.26. The molecule has 32 heavy (non-hydrogen) atoms. The Hall–Kier alpha value is -2.46. The van der Waals surface area contributed by atoms with Crippen molar-refractivity contribution in [3.8, 4) is 0 Å². The minimum atomic E-state index is -1.69. The van der Waals surface area contributed by atoms with Gasteiger partial charge in [-0.15, -0.1) is 28.2 Å². The summed E-state index contributed by atoms with van der Waals surface area (Å²) in [7, 11) is 2.97. The summed E-state index contributed by atoms with van der Waals surface area (Å²) in [6, 6.07) is 2.52. The van der Waals surface area contributed by atoms with E-state index in [0.29, 0.717) is 21.4 Å². The number of carbonyl (C=O) groups is 3. The number of hydrogen-bond donors (Lipinski definition) is 3. The highest BCUT2D eigenvalue weighted by Gasteiger charge is 2.66. The lowest BCUT2D eigenvalue weighted by atomic mass is 9.97. The van der Waals surface area contributed by atoms with E-state index in [9.17, 15) is 19.5 Å². The van der Waals surface area contributed by atoms with Gasteiger partial charge < -0.3 is 20.9 Å². The molecule has 0 saturated carbocycles. The van der Waals surface area contributed by atoms with Crippen molar-refractivity contribution in [2.75, 3.05) is 18.6 Å². The summed E-state index contributed by atoms with van der Waals surface area (Å²) in [5.41, 5.74) is 4.76. The van der Waals surface area contributed by atoms with Crippen LogP contribution < -0.4 is 11.1 Å². The van der Waals surface area contributed by atoms with Crippen LogP contribution in [0.15, 0.2) is 33.9 Å². The van der Waals surface area contributed by atoms with Crippen LogP contribution in [0.25, 0.3) is 0 Å². The molecule has 2 unspecified atom stereocenters. The van der Waals surface area contributed by atoms with Crippen LogP contribution >= 0.6 is 34.9 Å². The van der Waals surface area contributed by atoms with E-state index in [0.717, 1.165) is 4.90 Å². The lowest BCUT2D eigenvalue weighted by molar-refractivity contribution is -0.192. The number of thiophene rings is 1. The minimum absolute atomic E-state index is 0.120. The molecule has 1 saturated heterocycles. The molecule has 0 bridgehead atoms. The number of nitrogens with zero attached hydrogens (tertiary/aromatic N) is 5. The van der Waals surface area contributed by atoms with E-state index in [-0.39, 0.29) is 11.4 Å². The van der Waals surface area contributed by atoms with Crippen molar-refractivity contribution in [2.24, 2.45) is 12.8 Å². The number of amides is 2. The molecule has 1 fully saturated rings. The van der Waals surface area contributed by atoms with Crippen molar-refractivity contribution in [1.82, 2.24) is 30.4 Å². The number of ether oxygens (including phenoxy) is 1. The fourth-order valence-electron chi connectivity index (χ4n) is 3.41. The van der Waals surface area contributed by atoms with Crippen LogP contribution in [0.3, 0.4) is 0 Å². The summed E-state index contributed by atoms with van der Waals surface area (Å²) in [5.74, 6) is -1.87. The normalized spacial score (nSPS) is 23.5. The first-order valence-corrected chi connectivity index (χ1v) is 12.1. The average molecular weight is 498 g/mol. The molecule has 4 N–H and O–H groups in total. The number of aryl methyl sites for hydroxylation is 1. The number of aliphatic carboxylic acids is 1. The number of tetrazole rings is 1. The van der Waals surface area contributed by atoms with Gasteiger partial charge in [-0.05, 0) is 27.4 Å². The van der Waals surface area contributed by atoms with E-state index in [4.69, 9.17) is 10.5 Å². The molecule has 2 aromatic rings. The minimum Gasteiger partial charge on any atom is -0.477 e. The monoisotopic (exact) mass is 497 g/mol. The molecule has 4 rings (SSSR count). The van der Waals surface area contributed by atoms with Gasteiger partial charge in [0.05, 0.1) is 0 Å². The number of β-lactam (4-membered cyclic amide) rings is 1. The van der Waals surface area contributed by atoms with E-state index >= 15 is 0 Å². The molecule has 0 aromatic carbocycles. The summed E-state index contributed by atoms with van der Waals surface area (Å²) < 4.78 is 6.92. The van der Waals surface area contributed by atoms with E-state index in [1.807, 2.05) is 0 Å². The first-order chi connectivity index (χ1) is 15.3. The van der Waals surface area contributed by atoms with Crippen LogP contribution in [0.4, 0.5) is 0 Å².